The van der Waals surface area contributed by atoms with E-state index in [4.69, 9.17) is 5.11 Å². The van der Waals surface area contributed by atoms with E-state index in [-0.39, 0.29) is 21.2 Å². The molecule has 0 aliphatic heterocycles. The van der Waals surface area contributed by atoms with E-state index in [0.29, 0.717) is 4.43 Å². The van der Waals surface area contributed by atoms with Crippen LogP contribution in [0.25, 0.3) is 0 Å². The molecule has 0 aromatic rings. The van der Waals surface area contributed by atoms with Crippen molar-refractivity contribution in [3.63, 3.8) is 0 Å². The molecule has 0 radical (unpaired) electrons. The van der Waals surface area contributed by atoms with Gasteiger partial charge in [0.05, 0.1) is 0 Å². The number of halogens is 4. The second-order valence-electron chi connectivity index (χ2n) is 2.17. The standard InChI is InChI=1S/C6H9F3IO3/c1-10-2-4(11)3-13-5(12)6(7,8)9/h4,11H,2-3H2,1H3/q-1. The van der Waals surface area contributed by atoms with Crippen molar-refractivity contribution in [3.8, 4) is 0 Å². The molecule has 80 valence electrons. The van der Waals surface area contributed by atoms with Crippen LogP contribution in [0.15, 0.2) is 0 Å². The van der Waals surface area contributed by atoms with Gasteiger partial charge in [0.25, 0.3) is 0 Å². The summed E-state index contributed by atoms with van der Waals surface area (Å²) in [5.74, 6) is -2.25. The molecule has 1 unspecified atom stereocenters. The molecular formula is C6H9F3IO3-. The molecule has 0 aromatic heterocycles. The summed E-state index contributed by atoms with van der Waals surface area (Å²) in [5.41, 5.74) is 0. The zero-order valence-electron chi connectivity index (χ0n) is 6.77. The third-order valence-corrected chi connectivity index (χ3v) is 2.87. The Morgan fingerprint density at radius 1 is 1.62 bits per heavy atom. The van der Waals surface area contributed by atoms with Gasteiger partial charge in [-0.1, -0.05) is 0 Å². The number of carbonyl (C=O) groups excluding carboxylic acids is 1. The average Bonchev–Trinajstić information content (AvgIpc) is 1.99. The van der Waals surface area contributed by atoms with Crippen LogP contribution in [-0.2, 0) is 9.53 Å². The normalized spacial score (nSPS) is 14.2. The summed E-state index contributed by atoms with van der Waals surface area (Å²) in [7, 11) is 0. The van der Waals surface area contributed by atoms with Crippen LogP contribution in [0.2, 0.25) is 0 Å². The van der Waals surface area contributed by atoms with E-state index in [0.717, 1.165) is 0 Å². The number of carbonyl (C=O) groups is 1. The van der Waals surface area contributed by atoms with Gasteiger partial charge in [0.2, 0.25) is 0 Å². The fourth-order valence-electron chi connectivity index (χ4n) is 0.476. The molecule has 0 heterocycles. The maximum absolute atomic E-state index is 11.5. The van der Waals surface area contributed by atoms with E-state index < -0.39 is 24.9 Å². The summed E-state index contributed by atoms with van der Waals surface area (Å²) >= 11 is -0.216. The molecule has 0 saturated carbocycles. The van der Waals surface area contributed by atoms with Gasteiger partial charge in [-0.3, -0.25) is 0 Å². The number of aliphatic hydroxyl groups is 1. The SMILES string of the molecule is C[I-]CC(O)COC(=O)C(F)(F)F. The second kappa shape index (κ2) is 5.63. The van der Waals surface area contributed by atoms with Crippen molar-refractivity contribution >= 4 is 5.97 Å². The van der Waals surface area contributed by atoms with Gasteiger partial charge in [-0.05, 0) is 0 Å². The minimum atomic E-state index is -4.97. The number of aliphatic hydroxyl groups excluding tert-OH is 1. The Morgan fingerprint density at radius 2 is 2.15 bits per heavy atom. The zero-order chi connectivity index (χ0) is 10.5. The van der Waals surface area contributed by atoms with Crippen LogP contribution >= 0.6 is 0 Å². The summed E-state index contributed by atoms with van der Waals surface area (Å²) in [5, 5.41) is 8.95. The Hall–Kier alpha value is -0.0500. The first-order valence-corrected chi connectivity index (χ1v) is 6.92. The molecule has 7 heteroatoms. The molecule has 0 rings (SSSR count). The van der Waals surface area contributed by atoms with E-state index in [1.54, 1.807) is 0 Å². The Kier molecular flexibility index (Phi) is 5.61. The fourth-order valence-corrected chi connectivity index (χ4v) is 1.75. The fraction of sp³-hybridized carbons (Fsp3) is 0.833. The summed E-state index contributed by atoms with van der Waals surface area (Å²) < 4.78 is 38.9. The van der Waals surface area contributed by atoms with Crippen molar-refractivity contribution in [2.45, 2.75) is 12.3 Å². The average molecular weight is 313 g/mol. The third kappa shape index (κ3) is 6.08. The van der Waals surface area contributed by atoms with Crippen LogP contribution in [0.1, 0.15) is 0 Å². The summed E-state index contributed by atoms with van der Waals surface area (Å²) in [6, 6.07) is 0. The predicted molar refractivity (Wildman–Crippen MR) is 33.8 cm³/mol. The molecule has 0 amide bonds. The van der Waals surface area contributed by atoms with E-state index in [1.165, 1.54) is 0 Å². The van der Waals surface area contributed by atoms with Crippen molar-refractivity contribution in [2.75, 3.05) is 16.0 Å². The number of hydrogen-bond acceptors (Lipinski definition) is 3. The minimum absolute atomic E-state index is 0.216. The van der Waals surface area contributed by atoms with Gasteiger partial charge in [-0.15, -0.1) is 0 Å². The van der Waals surface area contributed by atoms with Crippen LogP contribution in [0.4, 0.5) is 13.2 Å². The van der Waals surface area contributed by atoms with Gasteiger partial charge in [0, 0.05) is 0 Å². The number of alkyl halides is 5. The predicted octanol–water partition coefficient (Wildman–Crippen LogP) is -2.83. The summed E-state index contributed by atoms with van der Waals surface area (Å²) in [6.07, 6.45) is -5.94. The van der Waals surface area contributed by atoms with Gasteiger partial charge in [-0.25, -0.2) is 0 Å². The maximum atomic E-state index is 11.5. The monoisotopic (exact) mass is 313 g/mol. The van der Waals surface area contributed by atoms with E-state index in [2.05, 4.69) is 4.74 Å². The molecule has 0 fully saturated rings. The molecule has 0 aliphatic carbocycles. The van der Waals surface area contributed by atoms with Gasteiger partial charge in [0.15, 0.2) is 0 Å². The van der Waals surface area contributed by atoms with Crippen LogP contribution in [0.3, 0.4) is 0 Å². The molecule has 0 aliphatic rings. The summed E-state index contributed by atoms with van der Waals surface area (Å²) in [4.78, 5) is 12.0. The zero-order valence-corrected chi connectivity index (χ0v) is 8.92. The molecule has 1 N–H and O–H groups in total. The van der Waals surface area contributed by atoms with Gasteiger partial charge in [-0.2, -0.15) is 0 Å². The van der Waals surface area contributed by atoms with Crippen molar-refractivity contribution in [2.24, 2.45) is 0 Å². The van der Waals surface area contributed by atoms with Crippen molar-refractivity contribution in [3.05, 3.63) is 0 Å². The molecule has 1 atom stereocenters. The molecular weight excluding hydrogens is 304 g/mol. The van der Waals surface area contributed by atoms with Crippen LogP contribution < -0.4 is 21.2 Å². The number of ether oxygens (including phenoxy) is 1. The topological polar surface area (TPSA) is 46.5 Å². The number of hydrogen-bond donors (Lipinski definition) is 1. The second-order valence-corrected chi connectivity index (χ2v) is 4.58. The first kappa shape index (κ1) is 12.9. The van der Waals surface area contributed by atoms with E-state index in [9.17, 15) is 18.0 Å². The first-order chi connectivity index (χ1) is 5.88. The van der Waals surface area contributed by atoms with Crippen molar-refractivity contribution in [1.29, 1.82) is 0 Å². The Bertz CT molecular complexity index is 171. The molecule has 3 nitrogen and oxygen atoms in total. The van der Waals surface area contributed by atoms with Crippen molar-refractivity contribution < 1.29 is 49.0 Å². The third-order valence-electron chi connectivity index (χ3n) is 0.971. The molecule has 13 heavy (non-hydrogen) atoms. The van der Waals surface area contributed by atoms with Gasteiger partial charge >= 0.3 is 83.2 Å². The first-order valence-electron chi connectivity index (χ1n) is 3.23. The van der Waals surface area contributed by atoms with Crippen LogP contribution in [-0.4, -0.2) is 39.3 Å². The Labute approximate surface area is 83.5 Å². The van der Waals surface area contributed by atoms with E-state index in [1.807, 2.05) is 4.93 Å². The molecule has 0 bridgehead atoms. The molecule has 0 spiro atoms. The quantitative estimate of drug-likeness (QED) is 0.346. The molecule has 0 aromatic carbocycles. The Balaban J connectivity index is 3.71. The number of rotatable bonds is 4. The number of esters is 1. The van der Waals surface area contributed by atoms with Gasteiger partial charge in [0.1, 0.15) is 0 Å². The van der Waals surface area contributed by atoms with Gasteiger partial charge < -0.3 is 0 Å². The summed E-state index contributed by atoms with van der Waals surface area (Å²) in [6.45, 7) is -0.577. The Morgan fingerprint density at radius 3 is 2.54 bits per heavy atom. The van der Waals surface area contributed by atoms with Crippen LogP contribution in [0.5, 0.6) is 0 Å². The van der Waals surface area contributed by atoms with Crippen molar-refractivity contribution in [1.82, 2.24) is 0 Å². The molecule has 0 saturated heterocycles. The van der Waals surface area contributed by atoms with Crippen LogP contribution in [0, 0.1) is 0 Å². The van der Waals surface area contributed by atoms with E-state index >= 15 is 0 Å².